The smallest absolute Gasteiger partial charge is 0.273 e. The van der Waals surface area contributed by atoms with Gasteiger partial charge in [0.15, 0.2) is 5.69 Å². The zero-order valence-electron chi connectivity index (χ0n) is 13.6. The minimum absolute atomic E-state index is 0.230. The molecule has 4 aromatic rings. The van der Waals surface area contributed by atoms with Gasteiger partial charge in [0.25, 0.3) is 5.91 Å². The molecule has 0 saturated heterocycles. The van der Waals surface area contributed by atoms with E-state index in [4.69, 9.17) is 0 Å². The minimum Gasteiger partial charge on any atom is -0.345 e. The van der Waals surface area contributed by atoms with Crippen molar-refractivity contribution in [1.29, 1.82) is 0 Å². The van der Waals surface area contributed by atoms with Crippen LogP contribution in [-0.4, -0.2) is 40.9 Å². The van der Waals surface area contributed by atoms with E-state index in [0.717, 1.165) is 11.4 Å². The van der Waals surface area contributed by atoms with E-state index >= 15 is 0 Å². The Balaban J connectivity index is 1.40. The molecule has 0 aliphatic heterocycles. The summed E-state index contributed by atoms with van der Waals surface area (Å²) in [7, 11) is 0. The first kappa shape index (κ1) is 15.6. The Morgan fingerprint density at radius 2 is 1.88 bits per heavy atom. The minimum atomic E-state index is -0.330. The summed E-state index contributed by atoms with van der Waals surface area (Å²) in [5.41, 5.74) is 2.43. The van der Waals surface area contributed by atoms with Gasteiger partial charge < -0.3 is 5.32 Å². The average Bonchev–Trinajstić information content (AvgIpc) is 3.37. The van der Waals surface area contributed by atoms with Crippen molar-refractivity contribution in [3.8, 4) is 11.4 Å². The van der Waals surface area contributed by atoms with Crippen molar-refractivity contribution in [3.63, 3.8) is 0 Å². The molecule has 1 N–H and O–H groups in total. The zero-order chi connectivity index (χ0) is 17.8. The van der Waals surface area contributed by atoms with Crippen molar-refractivity contribution in [2.75, 3.05) is 0 Å². The number of para-hydroxylation sites is 1. The maximum absolute atomic E-state index is 12.2. The Morgan fingerprint density at radius 1 is 1.04 bits per heavy atom. The standard InChI is InChI=1S/C17H14N8O/c26-17(16-11-20-25(22-16)14-5-2-1-3-6-14)19-9-13-12-24(23-21-13)15-7-4-8-18-10-15/h1-8,10-12H,9H2,(H,19,26). The van der Waals surface area contributed by atoms with Gasteiger partial charge in [-0.25, -0.2) is 4.68 Å². The zero-order valence-corrected chi connectivity index (χ0v) is 13.6. The first-order chi connectivity index (χ1) is 12.8. The monoisotopic (exact) mass is 346 g/mol. The van der Waals surface area contributed by atoms with E-state index in [9.17, 15) is 4.79 Å². The summed E-state index contributed by atoms with van der Waals surface area (Å²) in [5.74, 6) is -0.330. The molecule has 128 valence electrons. The van der Waals surface area contributed by atoms with E-state index in [2.05, 4.69) is 30.8 Å². The second-order valence-corrected chi connectivity index (χ2v) is 5.40. The number of benzene rings is 1. The number of amides is 1. The van der Waals surface area contributed by atoms with Gasteiger partial charge in [0, 0.05) is 6.20 Å². The normalized spacial score (nSPS) is 10.6. The molecule has 0 bridgehead atoms. The first-order valence-electron chi connectivity index (χ1n) is 7.87. The highest BCUT2D eigenvalue weighted by atomic mass is 16.2. The van der Waals surface area contributed by atoms with Gasteiger partial charge in [-0.05, 0) is 24.3 Å². The number of pyridine rings is 1. The number of hydrogen-bond acceptors (Lipinski definition) is 6. The molecule has 9 heteroatoms. The van der Waals surface area contributed by atoms with Crippen molar-refractivity contribution < 1.29 is 4.79 Å². The van der Waals surface area contributed by atoms with Gasteiger partial charge in [0.2, 0.25) is 0 Å². The molecule has 1 amide bonds. The lowest BCUT2D eigenvalue weighted by Gasteiger charge is -2.00. The summed E-state index contributed by atoms with van der Waals surface area (Å²) in [5, 5.41) is 19.1. The van der Waals surface area contributed by atoms with Gasteiger partial charge in [-0.15, -0.1) is 10.2 Å². The van der Waals surface area contributed by atoms with Crippen LogP contribution in [0.15, 0.2) is 67.3 Å². The Kier molecular flexibility index (Phi) is 4.17. The highest BCUT2D eigenvalue weighted by Crippen LogP contribution is 2.06. The Bertz CT molecular complexity index is 1010. The van der Waals surface area contributed by atoms with Crippen LogP contribution in [0.1, 0.15) is 16.2 Å². The fraction of sp³-hybridized carbons (Fsp3) is 0.0588. The molecule has 9 nitrogen and oxygen atoms in total. The van der Waals surface area contributed by atoms with Crippen LogP contribution in [0.25, 0.3) is 11.4 Å². The van der Waals surface area contributed by atoms with Crippen LogP contribution in [0, 0.1) is 0 Å². The summed E-state index contributed by atoms with van der Waals surface area (Å²) in [6.45, 7) is 0.233. The van der Waals surface area contributed by atoms with Crippen molar-refractivity contribution in [1.82, 2.24) is 40.3 Å². The third-order valence-corrected chi connectivity index (χ3v) is 3.59. The third-order valence-electron chi connectivity index (χ3n) is 3.59. The maximum atomic E-state index is 12.2. The molecule has 26 heavy (non-hydrogen) atoms. The summed E-state index contributed by atoms with van der Waals surface area (Å²) < 4.78 is 1.60. The van der Waals surface area contributed by atoms with E-state index in [1.54, 1.807) is 23.3 Å². The topological polar surface area (TPSA) is 103 Å². The van der Waals surface area contributed by atoms with Crippen molar-refractivity contribution >= 4 is 5.91 Å². The molecule has 1 aromatic carbocycles. The molecule has 0 radical (unpaired) electrons. The lowest BCUT2D eigenvalue weighted by atomic mass is 10.3. The molecular weight excluding hydrogens is 332 g/mol. The number of hydrogen-bond donors (Lipinski definition) is 1. The molecule has 0 aliphatic rings. The number of carbonyl (C=O) groups is 1. The molecule has 0 unspecified atom stereocenters. The fourth-order valence-electron chi connectivity index (χ4n) is 2.31. The van der Waals surface area contributed by atoms with E-state index in [0.29, 0.717) is 5.69 Å². The van der Waals surface area contributed by atoms with Gasteiger partial charge >= 0.3 is 0 Å². The Morgan fingerprint density at radius 3 is 2.69 bits per heavy atom. The predicted octanol–water partition coefficient (Wildman–Crippen LogP) is 1.17. The first-order valence-corrected chi connectivity index (χ1v) is 7.87. The largest absolute Gasteiger partial charge is 0.345 e. The lowest BCUT2D eigenvalue weighted by Crippen LogP contribution is -2.23. The quantitative estimate of drug-likeness (QED) is 0.582. The van der Waals surface area contributed by atoms with Crippen molar-refractivity contribution in [2.24, 2.45) is 0 Å². The van der Waals surface area contributed by atoms with Crippen LogP contribution in [0.3, 0.4) is 0 Å². The molecular formula is C17H14N8O. The Labute approximate surface area is 148 Å². The summed E-state index contributed by atoms with van der Waals surface area (Å²) >= 11 is 0. The second-order valence-electron chi connectivity index (χ2n) is 5.40. The van der Waals surface area contributed by atoms with Crippen LogP contribution in [-0.2, 0) is 6.54 Å². The highest BCUT2D eigenvalue weighted by molar-refractivity contribution is 5.91. The molecule has 0 spiro atoms. The lowest BCUT2D eigenvalue weighted by molar-refractivity contribution is 0.0945. The number of carbonyl (C=O) groups excluding carboxylic acids is 1. The van der Waals surface area contributed by atoms with Crippen molar-refractivity contribution in [3.05, 3.63) is 78.6 Å². The molecule has 4 rings (SSSR count). The Hall–Kier alpha value is -3.88. The van der Waals surface area contributed by atoms with E-state index in [-0.39, 0.29) is 18.1 Å². The SMILES string of the molecule is O=C(NCc1cn(-c2cccnc2)nn1)c1cnn(-c2ccccc2)n1. The summed E-state index contributed by atoms with van der Waals surface area (Å²) in [6, 6.07) is 13.1. The summed E-state index contributed by atoms with van der Waals surface area (Å²) in [4.78, 5) is 17.7. The number of rotatable bonds is 5. The van der Waals surface area contributed by atoms with Gasteiger partial charge in [0.05, 0.1) is 36.5 Å². The van der Waals surface area contributed by atoms with Gasteiger partial charge in [-0.1, -0.05) is 23.4 Å². The van der Waals surface area contributed by atoms with Crippen LogP contribution in [0.5, 0.6) is 0 Å². The fourth-order valence-corrected chi connectivity index (χ4v) is 2.31. The molecule has 0 aliphatic carbocycles. The number of aromatic nitrogens is 7. The van der Waals surface area contributed by atoms with Crippen LogP contribution < -0.4 is 5.32 Å². The summed E-state index contributed by atoms with van der Waals surface area (Å²) in [6.07, 6.45) is 6.52. The number of nitrogens with one attached hydrogen (secondary N) is 1. The predicted molar refractivity (Wildman–Crippen MR) is 91.7 cm³/mol. The van der Waals surface area contributed by atoms with Crippen LogP contribution in [0.4, 0.5) is 0 Å². The highest BCUT2D eigenvalue weighted by Gasteiger charge is 2.12. The number of nitrogens with zero attached hydrogens (tertiary/aromatic N) is 7. The van der Waals surface area contributed by atoms with Gasteiger partial charge in [-0.3, -0.25) is 9.78 Å². The average molecular weight is 346 g/mol. The van der Waals surface area contributed by atoms with Crippen molar-refractivity contribution in [2.45, 2.75) is 6.54 Å². The van der Waals surface area contributed by atoms with Gasteiger partial charge in [-0.2, -0.15) is 9.90 Å². The molecule has 3 aromatic heterocycles. The van der Waals surface area contributed by atoms with E-state index in [1.165, 1.54) is 11.0 Å². The third kappa shape index (κ3) is 3.31. The maximum Gasteiger partial charge on any atom is 0.273 e. The molecule has 0 fully saturated rings. The van der Waals surface area contributed by atoms with E-state index < -0.39 is 0 Å². The van der Waals surface area contributed by atoms with E-state index in [1.807, 2.05) is 42.5 Å². The molecule has 0 saturated carbocycles. The second kappa shape index (κ2) is 6.93. The van der Waals surface area contributed by atoms with Crippen LogP contribution >= 0.6 is 0 Å². The molecule has 3 heterocycles. The van der Waals surface area contributed by atoms with Crippen LogP contribution in [0.2, 0.25) is 0 Å². The van der Waals surface area contributed by atoms with Gasteiger partial charge in [0.1, 0.15) is 5.69 Å². The molecule has 0 atom stereocenters.